The van der Waals surface area contributed by atoms with Crippen LogP contribution in [-0.2, 0) is 18.9 Å². The van der Waals surface area contributed by atoms with Crippen LogP contribution in [0.1, 0.15) is 13.8 Å². The summed E-state index contributed by atoms with van der Waals surface area (Å²) in [6.07, 6.45) is -3.34. The van der Waals surface area contributed by atoms with Crippen LogP contribution in [0.5, 0.6) is 0 Å². The summed E-state index contributed by atoms with van der Waals surface area (Å²) in [4.78, 5) is 0. The van der Waals surface area contributed by atoms with Gasteiger partial charge in [0.25, 0.3) is 5.97 Å². The van der Waals surface area contributed by atoms with Gasteiger partial charge in [-0.15, -0.1) is 0 Å². The van der Waals surface area contributed by atoms with Crippen molar-refractivity contribution in [1.29, 1.82) is 0 Å². The minimum Gasteiger partial charge on any atom is -0.388 e. The average Bonchev–Trinajstić information content (AvgIpc) is 2.50. The Hall–Kier alpha value is -0.240. The first kappa shape index (κ1) is 11.3. The Balaban J connectivity index is 2.05. The minimum absolute atomic E-state index is 0.0356. The maximum absolute atomic E-state index is 9.66. The molecule has 0 saturated carbocycles. The SMILES string of the molecule is CCOC1(C)O[C@H]2OC[C@@H](O)[C@H](O)[C@H]2O1. The Morgan fingerprint density at radius 1 is 1.40 bits per heavy atom. The van der Waals surface area contributed by atoms with Crippen LogP contribution in [0.15, 0.2) is 0 Å². The lowest BCUT2D eigenvalue weighted by Gasteiger charge is -2.31. The van der Waals surface area contributed by atoms with E-state index >= 15 is 0 Å². The number of fused-ring (bicyclic) bond motifs is 1. The molecule has 2 aliphatic heterocycles. The topological polar surface area (TPSA) is 77.4 Å². The number of hydrogen-bond donors (Lipinski definition) is 2. The van der Waals surface area contributed by atoms with Crippen molar-refractivity contribution < 1.29 is 29.2 Å². The van der Waals surface area contributed by atoms with Gasteiger partial charge in [0.05, 0.1) is 6.61 Å². The molecule has 2 heterocycles. The number of aliphatic hydroxyl groups excluding tert-OH is 2. The van der Waals surface area contributed by atoms with E-state index in [1.54, 1.807) is 6.92 Å². The fourth-order valence-electron chi connectivity index (χ4n) is 1.81. The fraction of sp³-hybridized carbons (Fsp3) is 1.00. The Morgan fingerprint density at radius 3 is 2.80 bits per heavy atom. The monoisotopic (exact) mass is 220 g/mol. The highest BCUT2D eigenvalue weighted by Crippen LogP contribution is 2.35. The van der Waals surface area contributed by atoms with Gasteiger partial charge in [-0.2, -0.15) is 0 Å². The number of rotatable bonds is 2. The molecule has 1 unspecified atom stereocenters. The summed E-state index contributed by atoms with van der Waals surface area (Å²) in [5.74, 6) is -1.20. The molecule has 5 atom stereocenters. The first-order chi connectivity index (χ1) is 7.06. The van der Waals surface area contributed by atoms with Gasteiger partial charge >= 0.3 is 0 Å². The van der Waals surface area contributed by atoms with Crippen LogP contribution in [0, 0.1) is 0 Å². The summed E-state index contributed by atoms with van der Waals surface area (Å²) in [5.41, 5.74) is 0. The third kappa shape index (κ3) is 2.01. The van der Waals surface area contributed by atoms with Gasteiger partial charge in [0, 0.05) is 13.5 Å². The van der Waals surface area contributed by atoms with Gasteiger partial charge in [0.2, 0.25) is 0 Å². The second-order valence-electron chi connectivity index (χ2n) is 3.76. The van der Waals surface area contributed by atoms with Gasteiger partial charge in [-0.3, -0.25) is 4.74 Å². The van der Waals surface area contributed by atoms with Crippen molar-refractivity contribution in [2.45, 2.75) is 44.4 Å². The molecule has 0 radical (unpaired) electrons. The van der Waals surface area contributed by atoms with Gasteiger partial charge in [0.15, 0.2) is 6.29 Å². The van der Waals surface area contributed by atoms with Crippen molar-refractivity contribution in [3.8, 4) is 0 Å². The third-order valence-electron chi connectivity index (χ3n) is 2.52. The smallest absolute Gasteiger partial charge is 0.282 e. The zero-order chi connectivity index (χ0) is 11.1. The average molecular weight is 220 g/mol. The van der Waals surface area contributed by atoms with Crippen molar-refractivity contribution >= 4 is 0 Å². The Morgan fingerprint density at radius 2 is 2.13 bits per heavy atom. The second kappa shape index (κ2) is 3.97. The molecule has 0 spiro atoms. The predicted octanol–water partition coefficient (Wildman–Crippen LogP) is -0.810. The van der Waals surface area contributed by atoms with Gasteiger partial charge < -0.3 is 24.4 Å². The van der Waals surface area contributed by atoms with E-state index in [1.165, 1.54) is 0 Å². The van der Waals surface area contributed by atoms with E-state index in [0.717, 1.165) is 0 Å². The molecule has 88 valence electrons. The Labute approximate surface area is 87.7 Å². The number of ether oxygens (including phenoxy) is 4. The van der Waals surface area contributed by atoms with Crippen LogP contribution in [0.4, 0.5) is 0 Å². The van der Waals surface area contributed by atoms with Crippen LogP contribution in [0.3, 0.4) is 0 Å². The molecule has 2 aliphatic rings. The van der Waals surface area contributed by atoms with Crippen molar-refractivity contribution in [3.63, 3.8) is 0 Å². The van der Waals surface area contributed by atoms with E-state index in [1.807, 2.05) is 6.92 Å². The highest BCUT2D eigenvalue weighted by Gasteiger charge is 2.53. The molecular weight excluding hydrogens is 204 g/mol. The van der Waals surface area contributed by atoms with Crippen LogP contribution in [0.25, 0.3) is 0 Å². The normalized spacial score (nSPS) is 50.4. The predicted molar refractivity (Wildman–Crippen MR) is 47.7 cm³/mol. The molecule has 0 bridgehead atoms. The van der Waals surface area contributed by atoms with Crippen LogP contribution < -0.4 is 0 Å². The molecule has 2 N–H and O–H groups in total. The summed E-state index contributed by atoms with van der Waals surface area (Å²) < 4.78 is 21.2. The highest BCUT2D eigenvalue weighted by molar-refractivity contribution is 4.88. The van der Waals surface area contributed by atoms with Crippen LogP contribution in [0.2, 0.25) is 0 Å². The first-order valence-corrected chi connectivity index (χ1v) is 5.03. The molecule has 6 nitrogen and oxygen atoms in total. The fourth-order valence-corrected chi connectivity index (χ4v) is 1.81. The molecular formula is C9H16O6. The van der Waals surface area contributed by atoms with E-state index in [4.69, 9.17) is 18.9 Å². The van der Waals surface area contributed by atoms with E-state index < -0.39 is 30.6 Å². The van der Waals surface area contributed by atoms with E-state index in [0.29, 0.717) is 6.61 Å². The maximum atomic E-state index is 9.66. The molecule has 6 heteroatoms. The molecule has 2 saturated heterocycles. The Kier molecular flexibility index (Phi) is 2.98. The maximum Gasteiger partial charge on any atom is 0.282 e. The van der Waals surface area contributed by atoms with Crippen molar-refractivity contribution in [2.24, 2.45) is 0 Å². The number of hydrogen-bond acceptors (Lipinski definition) is 6. The van der Waals surface area contributed by atoms with Crippen LogP contribution in [-0.4, -0.2) is 54.0 Å². The van der Waals surface area contributed by atoms with Crippen molar-refractivity contribution in [2.75, 3.05) is 13.2 Å². The first-order valence-electron chi connectivity index (χ1n) is 5.03. The van der Waals surface area contributed by atoms with E-state index in [9.17, 15) is 10.2 Å². The second-order valence-corrected chi connectivity index (χ2v) is 3.76. The molecule has 0 aromatic rings. The molecule has 0 aromatic carbocycles. The van der Waals surface area contributed by atoms with E-state index in [2.05, 4.69) is 0 Å². The minimum atomic E-state index is -1.20. The summed E-state index contributed by atoms with van der Waals surface area (Å²) in [5, 5.41) is 19.0. The quantitative estimate of drug-likeness (QED) is 0.633. The van der Waals surface area contributed by atoms with Gasteiger partial charge in [0.1, 0.15) is 18.3 Å². The summed E-state index contributed by atoms with van der Waals surface area (Å²) >= 11 is 0. The lowest BCUT2D eigenvalue weighted by molar-refractivity contribution is -0.340. The standard InChI is InChI=1S/C9H16O6/c1-3-13-9(2)14-7-6(11)5(10)4-12-8(7)15-9/h5-8,10-11H,3-4H2,1-2H3/t5-,6+,7-,8-,9?/m1/s1. The highest BCUT2D eigenvalue weighted by atomic mass is 16.9. The Bertz CT molecular complexity index is 235. The zero-order valence-corrected chi connectivity index (χ0v) is 8.75. The third-order valence-corrected chi connectivity index (χ3v) is 2.52. The lowest BCUT2D eigenvalue weighted by Crippen LogP contribution is -2.51. The summed E-state index contributed by atoms with van der Waals surface area (Å²) in [6.45, 7) is 3.88. The molecule has 2 rings (SSSR count). The van der Waals surface area contributed by atoms with Gasteiger partial charge in [-0.25, -0.2) is 0 Å². The summed E-state index contributed by atoms with van der Waals surface area (Å²) in [6, 6.07) is 0. The molecule has 0 amide bonds. The molecule has 0 aliphatic carbocycles. The lowest BCUT2D eigenvalue weighted by atomic mass is 10.1. The van der Waals surface area contributed by atoms with Gasteiger partial charge in [-0.1, -0.05) is 0 Å². The van der Waals surface area contributed by atoms with E-state index in [-0.39, 0.29) is 6.61 Å². The van der Waals surface area contributed by atoms with Crippen LogP contribution >= 0.6 is 0 Å². The molecule has 0 aromatic heterocycles. The van der Waals surface area contributed by atoms with Crippen molar-refractivity contribution in [3.05, 3.63) is 0 Å². The number of aliphatic hydroxyl groups is 2. The molecule has 15 heavy (non-hydrogen) atoms. The van der Waals surface area contributed by atoms with Gasteiger partial charge in [-0.05, 0) is 6.92 Å². The largest absolute Gasteiger partial charge is 0.388 e. The van der Waals surface area contributed by atoms with Crippen molar-refractivity contribution in [1.82, 2.24) is 0 Å². The zero-order valence-electron chi connectivity index (χ0n) is 8.75. The summed E-state index contributed by atoms with van der Waals surface area (Å²) in [7, 11) is 0. The molecule has 2 fully saturated rings.